The summed E-state index contributed by atoms with van der Waals surface area (Å²) in [7, 11) is 0. The average Bonchev–Trinajstić information content (AvgIpc) is 2.88. The summed E-state index contributed by atoms with van der Waals surface area (Å²) in [4.78, 5) is 14.2. The molecule has 4 nitrogen and oxygen atoms in total. The Morgan fingerprint density at radius 3 is 2.71 bits per heavy atom. The molecule has 1 aromatic carbocycles. The van der Waals surface area contributed by atoms with E-state index in [4.69, 9.17) is 0 Å². The van der Waals surface area contributed by atoms with Crippen LogP contribution >= 0.6 is 0 Å². The number of likely N-dealkylation sites (tertiary alicyclic amines) is 1. The van der Waals surface area contributed by atoms with Crippen molar-refractivity contribution in [1.29, 1.82) is 0 Å². The third kappa shape index (κ3) is 3.97. The summed E-state index contributed by atoms with van der Waals surface area (Å²) in [5, 5.41) is 12.5. The fourth-order valence-electron chi connectivity index (χ4n) is 2.73. The SMILES string of the molecule is CC(O)c1cccc(NC(=O)N2CCC(C(C)(C)C)C2)c1. The molecule has 2 N–H and O–H groups in total. The van der Waals surface area contributed by atoms with Crippen LogP contribution in [0.2, 0.25) is 0 Å². The van der Waals surface area contributed by atoms with Gasteiger partial charge in [-0.15, -0.1) is 0 Å². The molecule has 2 rings (SSSR count). The number of amides is 2. The Balaban J connectivity index is 1.98. The van der Waals surface area contributed by atoms with Gasteiger partial charge in [-0.25, -0.2) is 4.79 Å². The summed E-state index contributed by atoms with van der Waals surface area (Å²) >= 11 is 0. The summed E-state index contributed by atoms with van der Waals surface area (Å²) in [5.74, 6) is 0.548. The normalized spacial score (nSPS) is 20.4. The van der Waals surface area contributed by atoms with Crippen LogP contribution in [-0.2, 0) is 0 Å². The van der Waals surface area contributed by atoms with Gasteiger partial charge in [0.2, 0.25) is 0 Å². The highest BCUT2D eigenvalue weighted by molar-refractivity contribution is 5.89. The van der Waals surface area contributed by atoms with E-state index in [2.05, 4.69) is 26.1 Å². The van der Waals surface area contributed by atoms with Gasteiger partial charge in [0, 0.05) is 18.8 Å². The molecule has 4 heteroatoms. The van der Waals surface area contributed by atoms with Gasteiger partial charge in [0.15, 0.2) is 0 Å². The molecule has 21 heavy (non-hydrogen) atoms. The number of hydrogen-bond donors (Lipinski definition) is 2. The average molecular weight is 290 g/mol. The number of carbonyl (C=O) groups excluding carboxylic acids is 1. The van der Waals surface area contributed by atoms with Gasteiger partial charge in [0.1, 0.15) is 0 Å². The van der Waals surface area contributed by atoms with E-state index in [9.17, 15) is 9.90 Å². The van der Waals surface area contributed by atoms with E-state index in [-0.39, 0.29) is 11.4 Å². The van der Waals surface area contributed by atoms with Crippen LogP contribution in [0.3, 0.4) is 0 Å². The van der Waals surface area contributed by atoms with Crippen LogP contribution in [0, 0.1) is 11.3 Å². The van der Waals surface area contributed by atoms with Crippen molar-refractivity contribution < 1.29 is 9.90 Å². The highest BCUT2D eigenvalue weighted by Crippen LogP contribution is 2.33. The molecule has 2 atom stereocenters. The van der Waals surface area contributed by atoms with Crippen molar-refractivity contribution in [3.8, 4) is 0 Å². The first-order valence-corrected chi connectivity index (χ1v) is 7.61. The van der Waals surface area contributed by atoms with Crippen molar-refractivity contribution in [3.63, 3.8) is 0 Å². The van der Waals surface area contributed by atoms with E-state index in [1.165, 1.54) is 0 Å². The lowest BCUT2D eigenvalue weighted by atomic mass is 9.80. The van der Waals surface area contributed by atoms with E-state index in [1.54, 1.807) is 6.92 Å². The molecule has 1 fully saturated rings. The lowest BCUT2D eigenvalue weighted by molar-refractivity contribution is 0.199. The maximum atomic E-state index is 12.3. The molecular formula is C17H26N2O2. The lowest BCUT2D eigenvalue weighted by Crippen LogP contribution is -2.34. The molecule has 2 amide bonds. The van der Waals surface area contributed by atoms with E-state index >= 15 is 0 Å². The number of aliphatic hydroxyl groups excluding tert-OH is 1. The Morgan fingerprint density at radius 1 is 1.43 bits per heavy atom. The number of nitrogens with one attached hydrogen (secondary N) is 1. The number of anilines is 1. The lowest BCUT2D eigenvalue weighted by Gasteiger charge is -2.27. The predicted molar refractivity (Wildman–Crippen MR) is 85.2 cm³/mol. The van der Waals surface area contributed by atoms with E-state index < -0.39 is 6.10 Å². The largest absolute Gasteiger partial charge is 0.389 e. The molecule has 2 unspecified atom stereocenters. The molecule has 0 spiro atoms. The van der Waals surface area contributed by atoms with Gasteiger partial charge >= 0.3 is 6.03 Å². The molecule has 0 aromatic heterocycles. The highest BCUT2D eigenvalue weighted by Gasteiger charge is 2.33. The van der Waals surface area contributed by atoms with Crippen molar-refractivity contribution in [2.24, 2.45) is 11.3 Å². The number of aliphatic hydroxyl groups is 1. The van der Waals surface area contributed by atoms with E-state index in [0.29, 0.717) is 5.92 Å². The second kappa shape index (κ2) is 6.06. The fraction of sp³-hybridized carbons (Fsp3) is 0.588. The quantitative estimate of drug-likeness (QED) is 0.873. The highest BCUT2D eigenvalue weighted by atomic mass is 16.3. The zero-order chi connectivity index (χ0) is 15.6. The van der Waals surface area contributed by atoms with Crippen LogP contribution in [0.1, 0.15) is 45.8 Å². The number of benzene rings is 1. The summed E-state index contributed by atoms with van der Waals surface area (Å²) in [6, 6.07) is 7.32. The zero-order valence-electron chi connectivity index (χ0n) is 13.4. The Kier molecular flexibility index (Phi) is 4.57. The molecular weight excluding hydrogens is 264 g/mol. The smallest absolute Gasteiger partial charge is 0.321 e. The number of nitrogens with zero attached hydrogens (tertiary/aromatic N) is 1. The number of hydrogen-bond acceptors (Lipinski definition) is 2. The van der Waals surface area contributed by atoms with Crippen molar-refractivity contribution in [2.45, 2.75) is 40.2 Å². The molecule has 0 bridgehead atoms. The van der Waals surface area contributed by atoms with Crippen LogP contribution in [0.15, 0.2) is 24.3 Å². The van der Waals surface area contributed by atoms with Gasteiger partial charge in [-0.05, 0) is 42.4 Å². The Hall–Kier alpha value is -1.55. The fourth-order valence-corrected chi connectivity index (χ4v) is 2.73. The van der Waals surface area contributed by atoms with Gasteiger partial charge in [-0.3, -0.25) is 0 Å². The van der Waals surface area contributed by atoms with Crippen LogP contribution in [0.25, 0.3) is 0 Å². The maximum absolute atomic E-state index is 12.3. The van der Waals surface area contributed by atoms with Crippen LogP contribution < -0.4 is 5.32 Å². The third-order valence-electron chi connectivity index (χ3n) is 4.32. The van der Waals surface area contributed by atoms with Crippen LogP contribution in [-0.4, -0.2) is 29.1 Å². The molecule has 116 valence electrons. The first-order valence-electron chi connectivity index (χ1n) is 7.61. The van der Waals surface area contributed by atoms with Crippen LogP contribution in [0.5, 0.6) is 0 Å². The minimum absolute atomic E-state index is 0.0514. The second-order valence-electron chi connectivity index (χ2n) is 7.03. The van der Waals surface area contributed by atoms with Gasteiger partial charge < -0.3 is 15.3 Å². The number of urea groups is 1. The Labute approximate surface area is 127 Å². The monoisotopic (exact) mass is 290 g/mol. The minimum Gasteiger partial charge on any atom is -0.389 e. The Morgan fingerprint density at radius 2 is 2.14 bits per heavy atom. The van der Waals surface area contributed by atoms with E-state index in [1.807, 2.05) is 29.2 Å². The standard InChI is InChI=1S/C17H26N2O2/c1-12(20)13-6-5-7-15(10-13)18-16(21)19-9-8-14(11-19)17(2,3)4/h5-7,10,12,14,20H,8-9,11H2,1-4H3,(H,18,21). The molecule has 1 aliphatic rings. The van der Waals surface area contributed by atoms with Crippen molar-refractivity contribution in [2.75, 3.05) is 18.4 Å². The predicted octanol–water partition coefficient (Wildman–Crippen LogP) is 3.64. The van der Waals surface area contributed by atoms with Gasteiger partial charge in [-0.1, -0.05) is 32.9 Å². The third-order valence-corrected chi connectivity index (χ3v) is 4.32. The molecule has 1 aliphatic heterocycles. The van der Waals surface area contributed by atoms with Gasteiger partial charge in [0.05, 0.1) is 6.10 Å². The first-order chi connectivity index (χ1) is 9.77. The van der Waals surface area contributed by atoms with E-state index in [0.717, 1.165) is 30.8 Å². The first kappa shape index (κ1) is 15.8. The van der Waals surface area contributed by atoms with Crippen molar-refractivity contribution >= 4 is 11.7 Å². The maximum Gasteiger partial charge on any atom is 0.321 e. The molecule has 0 aliphatic carbocycles. The van der Waals surface area contributed by atoms with Crippen molar-refractivity contribution in [3.05, 3.63) is 29.8 Å². The van der Waals surface area contributed by atoms with Crippen LogP contribution in [0.4, 0.5) is 10.5 Å². The molecule has 0 saturated carbocycles. The topological polar surface area (TPSA) is 52.6 Å². The Bertz CT molecular complexity index is 506. The summed E-state index contributed by atoms with van der Waals surface area (Å²) in [5.41, 5.74) is 1.78. The summed E-state index contributed by atoms with van der Waals surface area (Å²) in [6.07, 6.45) is 0.531. The van der Waals surface area contributed by atoms with Gasteiger partial charge in [0.25, 0.3) is 0 Å². The summed E-state index contributed by atoms with van der Waals surface area (Å²) in [6.45, 7) is 10.0. The number of carbonyl (C=O) groups is 1. The molecule has 1 heterocycles. The molecule has 0 radical (unpaired) electrons. The summed E-state index contributed by atoms with van der Waals surface area (Å²) < 4.78 is 0. The van der Waals surface area contributed by atoms with Gasteiger partial charge in [-0.2, -0.15) is 0 Å². The second-order valence-corrected chi connectivity index (χ2v) is 7.03. The van der Waals surface area contributed by atoms with Crippen molar-refractivity contribution in [1.82, 2.24) is 4.90 Å². The number of rotatable bonds is 2. The zero-order valence-corrected chi connectivity index (χ0v) is 13.4. The minimum atomic E-state index is -0.529. The molecule has 1 aromatic rings. The molecule has 1 saturated heterocycles.